The van der Waals surface area contributed by atoms with Gasteiger partial charge in [0, 0.05) is 48.6 Å². The predicted octanol–water partition coefficient (Wildman–Crippen LogP) is 11.8. The number of alkyl halides is 3. The van der Waals surface area contributed by atoms with Crippen LogP contribution < -0.4 is 10.6 Å². The highest BCUT2D eigenvalue weighted by atomic mass is 32.1. The van der Waals surface area contributed by atoms with E-state index in [2.05, 4.69) is 25.6 Å². The van der Waals surface area contributed by atoms with E-state index < -0.39 is 42.0 Å². The molecule has 2 aliphatic heterocycles. The van der Waals surface area contributed by atoms with Gasteiger partial charge in [0.05, 0.1) is 49.5 Å². The highest BCUT2D eigenvalue weighted by Gasteiger charge is 2.44. The average Bonchev–Trinajstić information content (AvgIpc) is 4.12. The van der Waals surface area contributed by atoms with Crippen molar-refractivity contribution in [3.63, 3.8) is 0 Å². The summed E-state index contributed by atoms with van der Waals surface area (Å²) in [6.07, 6.45) is 2.30. The molecule has 4 aromatic heterocycles. The van der Waals surface area contributed by atoms with Crippen LogP contribution in [0.1, 0.15) is 96.5 Å². The van der Waals surface area contributed by atoms with Gasteiger partial charge in [-0.1, -0.05) is 73.7 Å². The van der Waals surface area contributed by atoms with E-state index in [1.54, 1.807) is 75.5 Å². The van der Waals surface area contributed by atoms with E-state index >= 15 is 4.39 Å². The number of nitrogens with zero attached hydrogens (tertiary/aromatic N) is 5. The van der Waals surface area contributed by atoms with Gasteiger partial charge >= 0.3 is 0 Å². The monoisotopic (exact) mass is 1040 g/mol. The molecule has 0 saturated carbocycles. The topological polar surface area (TPSA) is 151 Å². The zero-order valence-electron chi connectivity index (χ0n) is 41.1. The minimum atomic E-state index is -3.01. The Morgan fingerprint density at radius 2 is 1.26 bits per heavy atom. The van der Waals surface area contributed by atoms with Gasteiger partial charge in [-0.25, -0.2) is 27.5 Å². The number of furan rings is 1. The van der Waals surface area contributed by atoms with Crippen molar-refractivity contribution in [3.05, 3.63) is 159 Å². The van der Waals surface area contributed by atoms with Gasteiger partial charge < -0.3 is 24.9 Å². The van der Waals surface area contributed by atoms with Crippen LogP contribution in [0.3, 0.4) is 0 Å². The second kappa shape index (κ2) is 21.6. The third-order valence-electron chi connectivity index (χ3n) is 13.5. The molecule has 382 valence electrons. The number of rotatable bonds is 11. The van der Waals surface area contributed by atoms with E-state index in [1.165, 1.54) is 44.6 Å². The summed E-state index contributed by atoms with van der Waals surface area (Å²) in [5.74, 6) is -4.27. The first kappa shape index (κ1) is 51.6. The lowest BCUT2D eigenvalue weighted by Gasteiger charge is -2.42. The van der Waals surface area contributed by atoms with Crippen molar-refractivity contribution in [2.45, 2.75) is 83.5 Å². The SMILES string of the molecule is CCC1(F)CCC(CNC(=O)c2cccc3oc(C)cc23)N(C(=O)c2nc(C)sc2-c2ccc(F)cc2)C1.Cc1nc(C(=O)N2CC(F)(F)CCC2CNC(=O)c2cccc3cccnc23)c(-c2ccccc2)s1. The number of aryl methyl sites for hydroxylation is 3. The first-order chi connectivity index (χ1) is 35.5. The lowest BCUT2D eigenvalue weighted by atomic mass is 9.87. The van der Waals surface area contributed by atoms with Crippen LogP contribution in [-0.4, -0.2) is 98.2 Å². The first-order valence-corrected chi connectivity index (χ1v) is 26.0. The summed E-state index contributed by atoms with van der Waals surface area (Å²) < 4.78 is 63.7. The maximum Gasteiger partial charge on any atom is 0.274 e. The fourth-order valence-corrected chi connectivity index (χ4v) is 11.4. The number of carbonyl (C=O) groups is 4. The number of para-hydroxylation sites is 1. The summed E-state index contributed by atoms with van der Waals surface area (Å²) in [5.41, 5.74) is 2.41. The van der Waals surface area contributed by atoms with E-state index in [9.17, 15) is 32.3 Å². The van der Waals surface area contributed by atoms with Crippen LogP contribution in [0, 0.1) is 26.6 Å². The molecule has 0 aliphatic carbocycles. The summed E-state index contributed by atoms with van der Waals surface area (Å²) in [6.45, 7) is 6.60. The molecule has 0 spiro atoms. The van der Waals surface area contributed by atoms with Crippen LogP contribution in [0.15, 0.2) is 120 Å². The Bertz CT molecular complexity index is 3360. The minimum absolute atomic E-state index is 0.0493. The standard InChI is InChI=1S/C29H29F2N3O3S.C27H24F2N4O2S/c1-4-29(31)13-12-21(15-32-27(35)22-6-5-7-24-23(22)14-17(2)37-24)34(16-29)28(36)25-26(38-18(3)33-25)19-8-10-20(30)11-9-19;1-17-32-23(24(36-17)19-7-3-2-4-8-19)26(35)33-16-27(28,29)13-12-20(33)15-31-25(34)21-11-5-9-18-10-6-14-30-22(18)21/h5-11,14,21H,4,12-13,15-16H2,1-3H3,(H,32,35);2-11,14,20H,12-13,15-16H2,1H3,(H,31,34). The number of hydrogen-bond acceptors (Lipinski definition) is 10. The van der Waals surface area contributed by atoms with E-state index in [4.69, 9.17) is 4.42 Å². The Balaban J connectivity index is 0.000000182. The van der Waals surface area contributed by atoms with Crippen LogP contribution >= 0.6 is 22.7 Å². The van der Waals surface area contributed by atoms with Crippen LogP contribution in [0.5, 0.6) is 0 Å². The molecule has 18 heteroatoms. The number of likely N-dealkylation sites (tertiary alicyclic amines) is 2. The van der Waals surface area contributed by atoms with Gasteiger partial charge in [-0.2, -0.15) is 0 Å². The van der Waals surface area contributed by atoms with Crippen LogP contribution in [0.4, 0.5) is 17.6 Å². The Morgan fingerprint density at radius 3 is 1.91 bits per heavy atom. The second-order valence-corrected chi connectivity index (χ2v) is 21.1. The van der Waals surface area contributed by atoms with E-state index in [0.717, 1.165) is 16.3 Å². The zero-order valence-corrected chi connectivity index (χ0v) is 42.7. The van der Waals surface area contributed by atoms with Crippen molar-refractivity contribution in [2.24, 2.45) is 0 Å². The Kier molecular flexibility index (Phi) is 15.1. The van der Waals surface area contributed by atoms with Gasteiger partial charge in [-0.3, -0.25) is 24.2 Å². The number of halogens is 4. The highest BCUT2D eigenvalue weighted by Crippen LogP contribution is 2.38. The van der Waals surface area contributed by atoms with Crippen LogP contribution in [0.25, 0.3) is 42.8 Å². The molecule has 2 fully saturated rings. The number of carbonyl (C=O) groups excluding carboxylic acids is 4. The Morgan fingerprint density at radius 1 is 0.689 bits per heavy atom. The van der Waals surface area contributed by atoms with E-state index in [1.807, 2.05) is 55.5 Å². The van der Waals surface area contributed by atoms with E-state index in [0.29, 0.717) is 66.2 Å². The molecular weight excluding hydrogens is 991 g/mol. The number of amides is 4. The Labute approximate surface area is 432 Å². The lowest BCUT2D eigenvalue weighted by Crippen LogP contribution is -2.56. The number of fused-ring (bicyclic) bond motifs is 2. The van der Waals surface area contributed by atoms with Crippen molar-refractivity contribution in [1.29, 1.82) is 0 Å². The fourth-order valence-electron chi connectivity index (χ4n) is 9.56. The fraction of sp³-hybridized carbons (Fsp3) is 0.304. The predicted molar refractivity (Wildman–Crippen MR) is 279 cm³/mol. The smallest absolute Gasteiger partial charge is 0.274 e. The average molecular weight is 1040 g/mol. The summed E-state index contributed by atoms with van der Waals surface area (Å²) in [7, 11) is 0. The minimum Gasteiger partial charge on any atom is -0.461 e. The zero-order chi connectivity index (χ0) is 52.3. The van der Waals surface area contributed by atoms with Gasteiger partial charge in [0.25, 0.3) is 29.6 Å². The van der Waals surface area contributed by atoms with Crippen molar-refractivity contribution < 1.29 is 41.2 Å². The lowest BCUT2D eigenvalue weighted by molar-refractivity contribution is -0.0714. The summed E-state index contributed by atoms with van der Waals surface area (Å²) >= 11 is 2.69. The molecule has 10 rings (SSSR count). The molecule has 3 atom stereocenters. The number of aromatic nitrogens is 3. The van der Waals surface area contributed by atoms with Gasteiger partial charge in [0.1, 0.15) is 34.2 Å². The highest BCUT2D eigenvalue weighted by molar-refractivity contribution is 7.15. The third kappa shape index (κ3) is 11.3. The van der Waals surface area contributed by atoms with Crippen molar-refractivity contribution >= 4 is 68.2 Å². The molecular formula is C56H53F4N7O5S2. The molecule has 4 amide bonds. The molecule has 8 aromatic rings. The Hall–Kier alpha value is -7.31. The summed E-state index contributed by atoms with van der Waals surface area (Å²) in [6, 6.07) is 30.3. The maximum absolute atomic E-state index is 15.6. The van der Waals surface area contributed by atoms with Gasteiger partial charge in [0.2, 0.25) is 0 Å². The van der Waals surface area contributed by atoms with Crippen molar-refractivity contribution in [3.8, 4) is 20.9 Å². The molecule has 2 N–H and O–H groups in total. The molecule has 12 nitrogen and oxygen atoms in total. The number of thiazole rings is 2. The molecule has 2 saturated heterocycles. The van der Waals surface area contributed by atoms with Gasteiger partial charge in [0.15, 0.2) is 0 Å². The quantitative estimate of drug-likeness (QED) is 0.122. The number of pyridine rings is 1. The van der Waals surface area contributed by atoms with Crippen molar-refractivity contribution in [1.82, 2.24) is 35.4 Å². The summed E-state index contributed by atoms with van der Waals surface area (Å²) in [5, 5.41) is 8.69. The largest absolute Gasteiger partial charge is 0.461 e. The maximum atomic E-state index is 15.6. The molecule has 0 radical (unpaired) electrons. The number of nitrogens with one attached hydrogen (secondary N) is 2. The summed E-state index contributed by atoms with van der Waals surface area (Å²) in [4.78, 5) is 70.8. The molecule has 0 bridgehead atoms. The number of benzene rings is 4. The van der Waals surface area contributed by atoms with Crippen molar-refractivity contribution in [2.75, 3.05) is 26.2 Å². The van der Waals surface area contributed by atoms with Gasteiger partial charge in [-0.05, 0) is 100 Å². The molecule has 4 aromatic carbocycles. The molecule has 6 heterocycles. The number of hydrogen-bond donors (Lipinski definition) is 2. The molecule has 74 heavy (non-hydrogen) atoms. The first-order valence-electron chi connectivity index (χ1n) is 24.3. The van der Waals surface area contributed by atoms with Gasteiger partial charge in [-0.15, -0.1) is 22.7 Å². The number of piperidine rings is 2. The van der Waals surface area contributed by atoms with Crippen LogP contribution in [0.2, 0.25) is 0 Å². The third-order valence-corrected chi connectivity index (χ3v) is 15.5. The normalized spacial score (nSPS) is 18.4. The molecule has 3 unspecified atom stereocenters. The second-order valence-electron chi connectivity index (χ2n) is 18.7. The van der Waals surface area contributed by atoms with Crippen LogP contribution in [-0.2, 0) is 0 Å². The van der Waals surface area contributed by atoms with E-state index in [-0.39, 0.29) is 67.9 Å². The molecule has 2 aliphatic rings.